The lowest BCUT2D eigenvalue weighted by Gasteiger charge is -2.05. The van der Waals surface area contributed by atoms with Gasteiger partial charge in [-0.15, -0.1) is 12.3 Å². The summed E-state index contributed by atoms with van der Waals surface area (Å²) in [6, 6.07) is 7.35. The van der Waals surface area contributed by atoms with E-state index in [0.29, 0.717) is 5.56 Å². The smallest absolute Gasteiger partial charge is 0.248 e. The second-order valence-electron chi connectivity index (χ2n) is 3.90. The Morgan fingerprint density at radius 2 is 2.24 bits per heavy atom. The van der Waals surface area contributed by atoms with E-state index in [1.807, 2.05) is 18.2 Å². The molecule has 1 amide bonds. The van der Waals surface area contributed by atoms with Crippen LogP contribution < -0.4 is 11.1 Å². The molecule has 0 bridgehead atoms. The Kier molecular flexibility index (Phi) is 5.84. The highest BCUT2D eigenvalue weighted by atomic mass is 16.1. The highest BCUT2D eigenvalue weighted by molar-refractivity contribution is 5.92. The zero-order chi connectivity index (χ0) is 12.5. The van der Waals surface area contributed by atoms with Crippen LogP contribution in [0.2, 0.25) is 0 Å². The fourth-order valence-electron chi connectivity index (χ4n) is 1.54. The van der Waals surface area contributed by atoms with Crippen LogP contribution in [0.25, 0.3) is 0 Å². The van der Waals surface area contributed by atoms with Gasteiger partial charge in [0.1, 0.15) is 0 Å². The number of rotatable bonds is 7. The maximum absolute atomic E-state index is 11.0. The molecule has 0 heterocycles. The number of amides is 1. The van der Waals surface area contributed by atoms with Crippen molar-refractivity contribution in [2.45, 2.75) is 25.8 Å². The van der Waals surface area contributed by atoms with Crippen molar-refractivity contribution in [3.63, 3.8) is 0 Å². The fraction of sp³-hybridized carbons (Fsp3) is 0.357. The molecule has 1 aromatic rings. The number of terminal acetylenes is 1. The predicted molar refractivity (Wildman–Crippen MR) is 69.4 cm³/mol. The largest absolute Gasteiger partial charge is 0.366 e. The number of carbonyl (C=O) groups is 1. The van der Waals surface area contributed by atoms with Crippen LogP contribution in [0.5, 0.6) is 0 Å². The van der Waals surface area contributed by atoms with Crippen molar-refractivity contribution in [2.75, 3.05) is 6.54 Å². The predicted octanol–water partition coefficient (Wildman–Crippen LogP) is 1.68. The molecule has 17 heavy (non-hydrogen) atoms. The second-order valence-corrected chi connectivity index (χ2v) is 3.90. The molecule has 0 aromatic heterocycles. The number of hydrogen-bond acceptors (Lipinski definition) is 2. The lowest BCUT2D eigenvalue weighted by molar-refractivity contribution is 0.1000. The fourth-order valence-corrected chi connectivity index (χ4v) is 1.54. The number of primary amides is 1. The molecule has 3 N–H and O–H groups in total. The maximum atomic E-state index is 11.0. The van der Waals surface area contributed by atoms with Gasteiger partial charge in [0.2, 0.25) is 5.91 Å². The number of hydrogen-bond donors (Lipinski definition) is 2. The Hall–Kier alpha value is -1.79. The van der Waals surface area contributed by atoms with Crippen molar-refractivity contribution in [1.82, 2.24) is 5.32 Å². The van der Waals surface area contributed by atoms with Crippen molar-refractivity contribution in [2.24, 2.45) is 5.73 Å². The van der Waals surface area contributed by atoms with Crippen molar-refractivity contribution >= 4 is 5.91 Å². The monoisotopic (exact) mass is 230 g/mol. The van der Waals surface area contributed by atoms with Crippen LogP contribution >= 0.6 is 0 Å². The minimum absolute atomic E-state index is 0.388. The molecule has 1 rings (SSSR count). The lowest BCUT2D eigenvalue weighted by Crippen LogP contribution is -2.16. The van der Waals surface area contributed by atoms with E-state index in [1.165, 1.54) is 0 Å². The van der Waals surface area contributed by atoms with E-state index in [-0.39, 0.29) is 5.91 Å². The summed E-state index contributed by atoms with van der Waals surface area (Å²) in [5, 5.41) is 3.31. The van der Waals surface area contributed by atoms with Gasteiger partial charge in [-0.2, -0.15) is 0 Å². The first kappa shape index (κ1) is 13.3. The third kappa shape index (κ3) is 5.19. The average molecular weight is 230 g/mol. The molecule has 0 aliphatic heterocycles. The molecule has 1 aromatic carbocycles. The van der Waals surface area contributed by atoms with Gasteiger partial charge in [0, 0.05) is 18.5 Å². The zero-order valence-corrected chi connectivity index (χ0v) is 9.91. The summed E-state index contributed by atoms with van der Waals surface area (Å²) in [4.78, 5) is 11.0. The van der Waals surface area contributed by atoms with Crippen LogP contribution in [-0.4, -0.2) is 12.5 Å². The maximum Gasteiger partial charge on any atom is 0.248 e. The lowest BCUT2D eigenvalue weighted by atomic mass is 10.1. The summed E-state index contributed by atoms with van der Waals surface area (Å²) in [6.45, 7) is 1.68. The van der Waals surface area contributed by atoms with Crippen molar-refractivity contribution in [1.29, 1.82) is 0 Å². The molecule has 0 saturated heterocycles. The van der Waals surface area contributed by atoms with E-state index in [1.54, 1.807) is 6.07 Å². The molecule has 0 fully saturated rings. The summed E-state index contributed by atoms with van der Waals surface area (Å²) in [5.74, 6) is 2.23. The normalized spacial score (nSPS) is 9.82. The van der Waals surface area contributed by atoms with Crippen LogP contribution in [0.15, 0.2) is 24.3 Å². The number of carbonyl (C=O) groups excluding carboxylic acids is 1. The Morgan fingerprint density at radius 1 is 1.41 bits per heavy atom. The van der Waals surface area contributed by atoms with E-state index >= 15 is 0 Å². The van der Waals surface area contributed by atoms with Gasteiger partial charge in [-0.3, -0.25) is 4.79 Å². The van der Waals surface area contributed by atoms with Gasteiger partial charge in [0.25, 0.3) is 0 Å². The molecule has 3 nitrogen and oxygen atoms in total. The molecule has 0 atom stereocenters. The van der Waals surface area contributed by atoms with Crippen LogP contribution in [0.4, 0.5) is 0 Å². The molecule has 0 unspecified atom stereocenters. The molecule has 0 aliphatic carbocycles. The van der Waals surface area contributed by atoms with Crippen molar-refractivity contribution < 1.29 is 4.79 Å². The molecule has 0 spiro atoms. The van der Waals surface area contributed by atoms with Gasteiger partial charge in [-0.25, -0.2) is 0 Å². The summed E-state index contributed by atoms with van der Waals surface area (Å²) < 4.78 is 0. The summed E-state index contributed by atoms with van der Waals surface area (Å²) in [5.41, 5.74) is 6.83. The third-order valence-corrected chi connectivity index (χ3v) is 2.47. The summed E-state index contributed by atoms with van der Waals surface area (Å²) in [7, 11) is 0. The van der Waals surface area contributed by atoms with Gasteiger partial charge in [-0.1, -0.05) is 12.1 Å². The Bertz CT molecular complexity index is 407. The molecule has 0 saturated carbocycles. The minimum atomic E-state index is -0.388. The highest BCUT2D eigenvalue weighted by Crippen LogP contribution is 2.04. The van der Waals surface area contributed by atoms with E-state index in [0.717, 1.165) is 37.9 Å². The van der Waals surface area contributed by atoms with Crippen LogP contribution in [0.1, 0.15) is 35.2 Å². The molecule has 3 heteroatoms. The second kappa shape index (κ2) is 7.48. The third-order valence-electron chi connectivity index (χ3n) is 2.47. The van der Waals surface area contributed by atoms with Gasteiger partial charge >= 0.3 is 0 Å². The number of benzene rings is 1. The molecule has 0 radical (unpaired) electrons. The number of unbranched alkanes of at least 4 members (excludes halogenated alkanes) is 2. The first-order valence-corrected chi connectivity index (χ1v) is 5.77. The van der Waals surface area contributed by atoms with Gasteiger partial charge in [-0.05, 0) is 37.1 Å². The Balaban J connectivity index is 2.30. The molecular weight excluding hydrogens is 212 g/mol. The van der Waals surface area contributed by atoms with E-state index in [2.05, 4.69) is 11.2 Å². The van der Waals surface area contributed by atoms with E-state index < -0.39 is 0 Å². The quantitative estimate of drug-likeness (QED) is 0.553. The Labute approximate surface area is 102 Å². The summed E-state index contributed by atoms with van der Waals surface area (Å²) in [6.07, 6.45) is 8.11. The zero-order valence-electron chi connectivity index (χ0n) is 9.91. The molecular formula is C14H18N2O. The Morgan fingerprint density at radius 3 is 2.94 bits per heavy atom. The van der Waals surface area contributed by atoms with Crippen molar-refractivity contribution in [3.8, 4) is 12.3 Å². The number of nitrogens with two attached hydrogens (primary N) is 1. The first-order chi connectivity index (χ1) is 8.24. The minimum Gasteiger partial charge on any atom is -0.366 e. The van der Waals surface area contributed by atoms with E-state index in [4.69, 9.17) is 12.2 Å². The van der Waals surface area contributed by atoms with Crippen molar-refractivity contribution in [3.05, 3.63) is 35.4 Å². The average Bonchev–Trinajstić information content (AvgIpc) is 2.34. The topological polar surface area (TPSA) is 55.1 Å². The van der Waals surface area contributed by atoms with E-state index in [9.17, 15) is 4.79 Å². The SMILES string of the molecule is C#CCCCCNCc1cccc(C(N)=O)c1. The standard InChI is InChI=1S/C14H18N2O/c1-2-3-4-5-9-16-11-12-7-6-8-13(10-12)14(15)17/h1,6-8,10,16H,3-5,9,11H2,(H2,15,17). The summed E-state index contributed by atoms with van der Waals surface area (Å²) >= 11 is 0. The molecule has 0 aliphatic rings. The van der Waals surface area contributed by atoms with Crippen LogP contribution in [-0.2, 0) is 6.54 Å². The van der Waals surface area contributed by atoms with Crippen LogP contribution in [0, 0.1) is 12.3 Å². The van der Waals surface area contributed by atoms with Gasteiger partial charge in [0.05, 0.1) is 0 Å². The molecule has 90 valence electrons. The first-order valence-electron chi connectivity index (χ1n) is 5.77. The van der Waals surface area contributed by atoms with Gasteiger partial charge < -0.3 is 11.1 Å². The number of nitrogens with one attached hydrogen (secondary N) is 1. The van der Waals surface area contributed by atoms with Gasteiger partial charge in [0.15, 0.2) is 0 Å². The highest BCUT2D eigenvalue weighted by Gasteiger charge is 2.00. The van der Waals surface area contributed by atoms with Crippen LogP contribution in [0.3, 0.4) is 0 Å².